The number of hydrogen-bond donors (Lipinski definition) is 0. The Morgan fingerprint density at radius 2 is 1.62 bits per heavy atom. The summed E-state index contributed by atoms with van der Waals surface area (Å²) >= 11 is 14.3. The molecule has 4 aromatic carbocycles. The van der Waals surface area contributed by atoms with Crippen LogP contribution in [-0.4, -0.2) is 12.4 Å². The van der Waals surface area contributed by atoms with Crippen LogP contribution in [0.15, 0.2) is 71.5 Å². The van der Waals surface area contributed by atoms with Crippen molar-refractivity contribution in [1.29, 1.82) is 0 Å². The number of carbonyl (C=O) groups excluding carboxylic acids is 1. The molecule has 218 valence electrons. The molecule has 42 heavy (non-hydrogen) atoms. The van der Waals surface area contributed by atoms with Gasteiger partial charge in [0.15, 0.2) is 11.2 Å². The summed E-state index contributed by atoms with van der Waals surface area (Å²) < 4.78 is 7.78. The minimum atomic E-state index is -0.0578. The first kappa shape index (κ1) is 31.7. The van der Waals surface area contributed by atoms with Gasteiger partial charge in [-0.3, -0.25) is 9.59 Å². The van der Waals surface area contributed by atoms with Gasteiger partial charge in [0, 0.05) is 31.5 Å². The number of aryl methyl sites for hydroxylation is 3. The lowest BCUT2D eigenvalue weighted by atomic mass is 9.95. The molecule has 0 aliphatic carbocycles. The summed E-state index contributed by atoms with van der Waals surface area (Å²) in [7, 11) is 0. The number of rotatable bonds is 8. The third-order valence-corrected chi connectivity index (χ3v) is 9.13. The van der Waals surface area contributed by atoms with E-state index in [4.69, 9.17) is 27.9 Å². The van der Waals surface area contributed by atoms with E-state index in [1.54, 1.807) is 17.4 Å². The fraction of sp³-hybridized carbons (Fsp3) is 0.278. The highest BCUT2D eigenvalue weighted by atomic mass is 35.5. The maximum atomic E-state index is 12.8. The molecule has 0 fully saturated rings. The van der Waals surface area contributed by atoms with E-state index in [0.717, 1.165) is 62.9 Å². The molecular weight excluding hydrogens is 583 g/mol. The van der Waals surface area contributed by atoms with Crippen LogP contribution in [-0.2, 0) is 6.42 Å². The molecule has 0 saturated heterocycles. The van der Waals surface area contributed by atoms with Crippen LogP contribution in [0.25, 0.3) is 20.2 Å². The van der Waals surface area contributed by atoms with E-state index in [1.165, 1.54) is 5.56 Å². The number of hydrogen-bond acceptors (Lipinski definition) is 4. The van der Waals surface area contributed by atoms with Gasteiger partial charge < -0.3 is 4.74 Å². The molecule has 0 aliphatic rings. The van der Waals surface area contributed by atoms with Crippen molar-refractivity contribution in [3.8, 4) is 5.75 Å². The van der Waals surface area contributed by atoms with Crippen LogP contribution in [0, 0.1) is 20.8 Å². The van der Waals surface area contributed by atoms with Crippen molar-refractivity contribution < 1.29 is 9.53 Å². The predicted molar refractivity (Wildman–Crippen MR) is 181 cm³/mol. The second kappa shape index (κ2) is 14.3. The van der Waals surface area contributed by atoms with Crippen LogP contribution in [0.4, 0.5) is 0 Å². The topological polar surface area (TPSA) is 43.4 Å². The lowest BCUT2D eigenvalue weighted by Gasteiger charge is -2.14. The lowest BCUT2D eigenvalue weighted by molar-refractivity contribution is 0.103. The number of halogens is 2. The summed E-state index contributed by atoms with van der Waals surface area (Å²) in [4.78, 5) is 25.6. The van der Waals surface area contributed by atoms with E-state index in [0.29, 0.717) is 33.2 Å². The first-order valence-corrected chi connectivity index (χ1v) is 15.9. The van der Waals surface area contributed by atoms with Crippen LogP contribution in [0.2, 0.25) is 10.0 Å². The molecule has 6 heteroatoms. The molecule has 5 aromatic rings. The van der Waals surface area contributed by atoms with Gasteiger partial charge in [-0.1, -0.05) is 85.4 Å². The predicted octanol–water partition coefficient (Wildman–Crippen LogP) is 10.7. The molecule has 5 rings (SSSR count). The summed E-state index contributed by atoms with van der Waals surface area (Å²) in [6.45, 7) is 10.7. The molecule has 0 spiro atoms. The summed E-state index contributed by atoms with van der Waals surface area (Å²) in [5.41, 5.74) is 5.34. The minimum absolute atomic E-state index is 0.0578. The van der Waals surface area contributed by atoms with E-state index in [1.807, 2.05) is 76.2 Å². The smallest absolute Gasteiger partial charge is 0.197 e. The minimum Gasteiger partial charge on any atom is -0.493 e. The fourth-order valence-corrected chi connectivity index (χ4v) is 6.73. The van der Waals surface area contributed by atoms with Crippen LogP contribution in [0.5, 0.6) is 5.75 Å². The fourth-order valence-electron chi connectivity index (χ4n) is 4.92. The zero-order chi connectivity index (χ0) is 30.4. The van der Waals surface area contributed by atoms with Gasteiger partial charge in [0.25, 0.3) is 0 Å². The Kier molecular flexibility index (Phi) is 10.8. The van der Waals surface area contributed by atoms with Gasteiger partial charge >= 0.3 is 0 Å². The van der Waals surface area contributed by atoms with E-state index in [9.17, 15) is 9.59 Å². The Balaban J connectivity index is 0.000000193. The Bertz CT molecular complexity index is 1810. The third kappa shape index (κ3) is 6.89. The molecule has 0 radical (unpaired) electrons. The van der Waals surface area contributed by atoms with E-state index >= 15 is 0 Å². The highest BCUT2D eigenvalue weighted by Crippen LogP contribution is 2.33. The highest BCUT2D eigenvalue weighted by molar-refractivity contribution is 7.24. The lowest BCUT2D eigenvalue weighted by Crippen LogP contribution is -2.08. The summed E-state index contributed by atoms with van der Waals surface area (Å²) in [5.74, 6) is 0.663. The van der Waals surface area contributed by atoms with Crippen LogP contribution < -0.4 is 10.2 Å². The van der Waals surface area contributed by atoms with Crippen molar-refractivity contribution in [1.82, 2.24) is 0 Å². The van der Waals surface area contributed by atoms with Gasteiger partial charge in [0.1, 0.15) is 5.75 Å². The number of unbranched alkanes of at least 4 members (excludes halogenated alkanes) is 1. The molecule has 0 bridgehead atoms. The Hall–Kier alpha value is -3.18. The molecule has 0 saturated carbocycles. The van der Waals surface area contributed by atoms with E-state index in [2.05, 4.69) is 19.1 Å². The zero-order valence-corrected chi connectivity index (χ0v) is 27.1. The number of fused-ring (bicyclic) bond motifs is 2. The number of ketones is 1. The highest BCUT2D eigenvalue weighted by Gasteiger charge is 2.20. The second-order valence-electron chi connectivity index (χ2n) is 10.5. The first-order chi connectivity index (χ1) is 20.2. The monoisotopic (exact) mass is 618 g/mol. The van der Waals surface area contributed by atoms with Gasteiger partial charge in [0.2, 0.25) is 0 Å². The summed E-state index contributed by atoms with van der Waals surface area (Å²) in [5, 5.41) is 2.50. The van der Waals surface area contributed by atoms with E-state index < -0.39 is 0 Å². The van der Waals surface area contributed by atoms with Crippen molar-refractivity contribution in [2.45, 2.75) is 60.3 Å². The standard InChI is InChI=1S/C18H19ClO2.C18H17ClOS/c1-4-11-21-16-10-9-15(19)17(13(16)3)18(20)14-8-6-5-7-12(14)2;1-3-4-5-12-7-8-14(19)16-17(20)13-10-11(2)6-9-15(13)21-18(12)16/h5-10H,4,11H2,1-3H3;6-10H,3-5H2,1-2H3. The third-order valence-electron chi connectivity index (χ3n) is 7.25. The Morgan fingerprint density at radius 3 is 2.33 bits per heavy atom. The quantitative estimate of drug-likeness (QED) is 0.128. The van der Waals surface area contributed by atoms with Crippen LogP contribution >= 0.6 is 34.5 Å². The molecule has 3 nitrogen and oxygen atoms in total. The summed E-state index contributed by atoms with van der Waals surface area (Å²) in [6.07, 6.45) is 4.19. The molecule has 1 aromatic heterocycles. The number of carbonyl (C=O) groups is 1. The van der Waals surface area contributed by atoms with Crippen LogP contribution in [0.1, 0.15) is 71.3 Å². The molecule has 1 heterocycles. The molecule has 0 unspecified atom stereocenters. The largest absolute Gasteiger partial charge is 0.493 e. The first-order valence-electron chi connectivity index (χ1n) is 14.3. The second-order valence-corrected chi connectivity index (χ2v) is 12.3. The Morgan fingerprint density at radius 1 is 0.881 bits per heavy atom. The van der Waals surface area contributed by atoms with Gasteiger partial charge in [-0.2, -0.15) is 0 Å². The maximum Gasteiger partial charge on any atom is 0.197 e. The van der Waals surface area contributed by atoms with Gasteiger partial charge in [-0.05, 0) is 81.5 Å². The average molecular weight is 620 g/mol. The van der Waals surface area contributed by atoms with Crippen molar-refractivity contribution in [2.75, 3.05) is 6.61 Å². The van der Waals surface area contributed by atoms with Crippen LogP contribution in [0.3, 0.4) is 0 Å². The van der Waals surface area contributed by atoms with Gasteiger partial charge in [-0.15, -0.1) is 11.3 Å². The van der Waals surface area contributed by atoms with Crippen molar-refractivity contribution >= 4 is 60.5 Å². The van der Waals surface area contributed by atoms with Gasteiger partial charge in [0.05, 0.1) is 22.0 Å². The molecule has 0 atom stereocenters. The molecule has 0 N–H and O–H groups in total. The van der Waals surface area contributed by atoms with Crippen molar-refractivity contribution in [3.63, 3.8) is 0 Å². The maximum absolute atomic E-state index is 12.8. The summed E-state index contributed by atoms with van der Waals surface area (Å²) in [6, 6.07) is 21.1. The van der Waals surface area contributed by atoms with Crippen molar-refractivity contribution in [2.24, 2.45) is 0 Å². The zero-order valence-electron chi connectivity index (χ0n) is 24.8. The van der Waals surface area contributed by atoms with E-state index in [-0.39, 0.29) is 11.2 Å². The van der Waals surface area contributed by atoms with Crippen molar-refractivity contribution in [3.05, 3.63) is 120 Å². The van der Waals surface area contributed by atoms with Gasteiger partial charge in [-0.25, -0.2) is 0 Å². The normalized spacial score (nSPS) is 10.9. The molecule has 0 amide bonds. The number of benzene rings is 4. The Labute approximate surface area is 262 Å². The SMILES string of the molecule is CCCCc1ccc(Cl)c2c(=O)c3cc(C)ccc3sc12.CCCOc1ccc(Cl)c(C(=O)c2ccccc2C)c1C. The molecule has 0 aliphatic heterocycles. The number of ether oxygens (including phenoxy) is 1. The average Bonchev–Trinajstić information content (AvgIpc) is 2.97. The molecular formula is C36H36Cl2O3S.